The lowest BCUT2D eigenvalue weighted by Gasteiger charge is -2.27. The van der Waals surface area contributed by atoms with Crippen molar-refractivity contribution in [2.75, 3.05) is 7.11 Å². The van der Waals surface area contributed by atoms with Gasteiger partial charge in [-0.3, -0.25) is 4.79 Å². The second kappa shape index (κ2) is 7.34. The van der Waals surface area contributed by atoms with Crippen molar-refractivity contribution in [1.82, 2.24) is 5.32 Å². The molecule has 2 aromatic rings. The van der Waals surface area contributed by atoms with E-state index in [1.807, 2.05) is 18.2 Å². The van der Waals surface area contributed by atoms with Gasteiger partial charge in [-0.1, -0.05) is 35.9 Å². The molecule has 2 unspecified atom stereocenters. The topological polar surface area (TPSA) is 58.6 Å². The van der Waals surface area contributed by atoms with Crippen molar-refractivity contribution in [3.63, 3.8) is 0 Å². The summed E-state index contributed by atoms with van der Waals surface area (Å²) in [5, 5.41) is 13.4. The molecule has 0 bridgehead atoms. The number of nitrogens with one attached hydrogen (secondary N) is 1. The van der Waals surface area contributed by atoms with Crippen LogP contribution in [0, 0.1) is 0 Å². The summed E-state index contributed by atoms with van der Waals surface area (Å²) in [6.07, 6.45) is 1.87. The van der Waals surface area contributed by atoms with Crippen LogP contribution in [0.5, 0.6) is 0 Å². The monoisotopic (exact) mass is 345 g/mol. The zero-order chi connectivity index (χ0) is 17.1. The SMILES string of the molecule is COC(O)c1ccc2c(c1)C(NC(=O)c1ccccc1Cl)CCC2. The van der Waals surface area contributed by atoms with E-state index in [4.69, 9.17) is 16.3 Å². The highest BCUT2D eigenvalue weighted by molar-refractivity contribution is 6.33. The first-order valence-electron chi connectivity index (χ1n) is 7.99. The predicted molar refractivity (Wildman–Crippen MR) is 93.0 cm³/mol. The van der Waals surface area contributed by atoms with Crippen molar-refractivity contribution in [2.24, 2.45) is 0 Å². The number of methoxy groups -OCH3 is 1. The van der Waals surface area contributed by atoms with Gasteiger partial charge in [-0.2, -0.15) is 0 Å². The molecule has 1 aliphatic rings. The Morgan fingerprint density at radius 3 is 2.88 bits per heavy atom. The van der Waals surface area contributed by atoms with Crippen LogP contribution < -0.4 is 5.32 Å². The third kappa shape index (κ3) is 3.46. The molecule has 0 aliphatic heterocycles. The zero-order valence-electron chi connectivity index (χ0n) is 13.5. The molecule has 0 aromatic heterocycles. The second-order valence-electron chi connectivity index (χ2n) is 5.94. The summed E-state index contributed by atoms with van der Waals surface area (Å²) >= 11 is 6.11. The number of rotatable bonds is 4. The standard InChI is InChI=1S/C19H20ClNO3/c1-24-19(23)13-10-9-12-5-4-8-17(15(12)11-13)21-18(22)14-6-2-3-7-16(14)20/h2-3,6-7,9-11,17,19,23H,4-5,8H2,1H3,(H,21,22). The molecule has 0 fully saturated rings. The van der Waals surface area contributed by atoms with Gasteiger partial charge in [0.15, 0.2) is 6.29 Å². The molecule has 126 valence electrons. The minimum atomic E-state index is -0.961. The van der Waals surface area contributed by atoms with E-state index in [0.717, 1.165) is 24.8 Å². The number of carbonyl (C=O) groups excluding carboxylic acids is 1. The average molecular weight is 346 g/mol. The van der Waals surface area contributed by atoms with Gasteiger partial charge in [-0.05, 0) is 48.6 Å². The highest BCUT2D eigenvalue weighted by atomic mass is 35.5. The minimum absolute atomic E-state index is 0.0958. The Balaban J connectivity index is 1.86. The number of amides is 1. The van der Waals surface area contributed by atoms with E-state index in [1.54, 1.807) is 24.3 Å². The summed E-state index contributed by atoms with van der Waals surface area (Å²) in [5.74, 6) is -0.184. The van der Waals surface area contributed by atoms with Crippen LogP contribution in [0.3, 0.4) is 0 Å². The summed E-state index contributed by atoms with van der Waals surface area (Å²) in [5.41, 5.74) is 3.39. The van der Waals surface area contributed by atoms with Gasteiger partial charge in [-0.15, -0.1) is 0 Å². The number of hydrogen-bond acceptors (Lipinski definition) is 3. The van der Waals surface area contributed by atoms with E-state index >= 15 is 0 Å². The molecular formula is C19H20ClNO3. The minimum Gasteiger partial charge on any atom is -0.364 e. The molecule has 1 amide bonds. The fourth-order valence-corrected chi connectivity index (χ4v) is 3.36. The third-order valence-corrected chi connectivity index (χ3v) is 4.75. The smallest absolute Gasteiger partial charge is 0.253 e. The molecule has 0 saturated heterocycles. The van der Waals surface area contributed by atoms with E-state index in [2.05, 4.69) is 5.32 Å². The Morgan fingerprint density at radius 1 is 1.33 bits per heavy atom. The van der Waals surface area contributed by atoms with Gasteiger partial charge in [-0.25, -0.2) is 0 Å². The highest BCUT2D eigenvalue weighted by Crippen LogP contribution is 2.32. The van der Waals surface area contributed by atoms with E-state index in [9.17, 15) is 9.90 Å². The van der Waals surface area contributed by atoms with Crippen LogP contribution in [-0.2, 0) is 11.2 Å². The van der Waals surface area contributed by atoms with E-state index in [1.165, 1.54) is 12.7 Å². The van der Waals surface area contributed by atoms with Gasteiger partial charge in [0.2, 0.25) is 0 Å². The molecule has 0 radical (unpaired) electrons. The maximum atomic E-state index is 12.5. The first kappa shape index (κ1) is 17.0. The molecule has 5 heteroatoms. The lowest BCUT2D eigenvalue weighted by molar-refractivity contribution is -0.0770. The Kier molecular flexibility index (Phi) is 5.19. The largest absolute Gasteiger partial charge is 0.364 e. The van der Waals surface area contributed by atoms with E-state index in [0.29, 0.717) is 16.1 Å². The maximum Gasteiger partial charge on any atom is 0.253 e. The number of hydrogen-bond donors (Lipinski definition) is 2. The summed E-state index contributed by atoms with van der Waals surface area (Å²) in [7, 11) is 1.46. The Labute approximate surface area is 146 Å². The van der Waals surface area contributed by atoms with Crippen molar-refractivity contribution < 1.29 is 14.6 Å². The molecular weight excluding hydrogens is 326 g/mol. The normalized spacial score (nSPS) is 17.9. The summed E-state index contributed by atoms with van der Waals surface area (Å²) in [4.78, 5) is 12.5. The molecule has 0 heterocycles. The first-order valence-corrected chi connectivity index (χ1v) is 8.37. The van der Waals surface area contributed by atoms with Crippen LogP contribution in [0.25, 0.3) is 0 Å². The molecule has 2 aromatic carbocycles. The Bertz CT molecular complexity index is 747. The molecule has 4 nitrogen and oxygen atoms in total. The number of ether oxygens (including phenoxy) is 1. The Morgan fingerprint density at radius 2 is 2.12 bits per heavy atom. The molecule has 2 atom stereocenters. The third-order valence-electron chi connectivity index (χ3n) is 4.42. The number of aliphatic hydroxyl groups is 1. The molecule has 3 rings (SSSR count). The highest BCUT2D eigenvalue weighted by Gasteiger charge is 2.24. The maximum absolute atomic E-state index is 12.5. The van der Waals surface area contributed by atoms with Gasteiger partial charge >= 0.3 is 0 Å². The lowest BCUT2D eigenvalue weighted by Crippen LogP contribution is -2.31. The number of benzene rings is 2. The van der Waals surface area contributed by atoms with Crippen LogP contribution in [-0.4, -0.2) is 18.1 Å². The first-order chi connectivity index (χ1) is 11.6. The number of aliphatic hydroxyl groups excluding tert-OH is 1. The van der Waals surface area contributed by atoms with Crippen molar-refractivity contribution in [3.8, 4) is 0 Å². The van der Waals surface area contributed by atoms with E-state index < -0.39 is 6.29 Å². The lowest BCUT2D eigenvalue weighted by atomic mass is 9.86. The molecule has 0 saturated carbocycles. The average Bonchev–Trinajstić information content (AvgIpc) is 2.61. The van der Waals surface area contributed by atoms with Crippen LogP contribution in [0.4, 0.5) is 0 Å². The van der Waals surface area contributed by atoms with Gasteiger partial charge in [0, 0.05) is 12.7 Å². The van der Waals surface area contributed by atoms with Gasteiger partial charge in [0.25, 0.3) is 5.91 Å². The molecule has 0 spiro atoms. The fourth-order valence-electron chi connectivity index (χ4n) is 3.14. The Hall–Kier alpha value is -1.88. The summed E-state index contributed by atoms with van der Waals surface area (Å²) < 4.78 is 4.98. The second-order valence-corrected chi connectivity index (χ2v) is 6.35. The van der Waals surface area contributed by atoms with Gasteiger partial charge < -0.3 is 15.2 Å². The summed E-state index contributed by atoms with van der Waals surface area (Å²) in [6, 6.07) is 12.7. The van der Waals surface area contributed by atoms with Crippen molar-refractivity contribution in [3.05, 3.63) is 69.7 Å². The number of fused-ring (bicyclic) bond motifs is 1. The predicted octanol–water partition coefficient (Wildman–Crippen LogP) is 3.78. The van der Waals surface area contributed by atoms with Crippen molar-refractivity contribution >= 4 is 17.5 Å². The van der Waals surface area contributed by atoms with Crippen LogP contribution in [0.2, 0.25) is 5.02 Å². The number of aryl methyl sites for hydroxylation is 1. The number of carbonyl (C=O) groups is 1. The van der Waals surface area contributed by atoms with Crippen molar-refractivity contribution in [1.29, 1.82) is 0 Å². The van der Waals surface area contributed by atoms with Crippen LogP contribution >= 0.6 is 11.6 Å². The molecule has 24 heavy (non-hydrogen) atoms. The van der Waals surface area contributed by atoms with Gasteiger partial charge in [0.1, 0.15) is 0 Å². The van der Waals surface area contributed by atoms with Crippen molar-refractivity contribution in [2.45, 2.75) is 31.6 Å². The summed E-state index contributed by atoms with van der Waals surface area (Å²) in [6.45, 7) is 0. The van der Waals surface area contributed by atoms with Crippen LogP contribution in [0.1, 0.15) is 52.2 Å². The van der Waals surface area contributed by atoms with Crippen LogP contribution in [0.15, 0.2) is 42.5 Å². The quantitative estimate of drug-likeness (QED) is 0.829. The molecule has 1 aliphatic carbocycles. The van der Waals surface area contributed by atoms with Gasteiger partial charge in [0.05, 0.1) is 16.6 Å². The molecule has 2 N–H and O–H groups in total. The fraction of sp³-hybridized carbons (Fsp3) is 0.316. The number of halogens is 1. The zero-order valence-corrected chi connectivity index (χ0v) is 14.2. The van der Waals surface area contributed by atoms with E-state index in [-0.39, 0.29) is 11.9 Å².